The topological polar surface area (TPSA) is 50.2 Å². The molecular formula is C13H8Cl3NO2. The van der Waals surface area contributed by atoms with Gasteiger partial charge < -0.3 is 5.11 Å². The van der Waals surface area contributed by atoms with Crippen molar-refractivity contribution < 1.29 is 9.90 Å². The summed E-state index contributed by atoms with van der Waals surface area (Å²) in [5.41, 5.74) is 1.82. The van der Waals surface area contributed by atoms with Crippen molar-refractivity contribution in [2.24, 2.45) is 0 Å². The van der Waals surface area contributed by atoms with E-state index in [4.69, 9.17) is 39.9 Å². The molecule has 0 amide bonds. The Hall–Kier alpha value is -1.29. The molecule has 0 unspecified atom stereocenters. The van der Waals surface area contributed by atoms with Crippen molar-refractivity contribution in [1.29, 1.82) is 0 Å². The van der Waals surface area contributed by atoms with Gasteiger partial charge in [0.05, 0.1) is 26.3 Å². The third-order valence-corrected chi connectivity index (χ3v) is 3.62. The van der Waals surface area contributed by atoms with Crippen LogP contribution in [-0.2, 0) is 4.79 Å². The Kier molecular flexibility index (Phi) is 3.99. The number of fused-ring (bicyclic) bond motifs is 1. The van der Waals surface area contributed by atoms with Crippen LogP contribution >= 0.6 is 34.8 Å². The van der Waals surface area contributed by atoms with Gasteiger partial charge in [-0.05, 0) is 30.7 Å². The molecule has 0 saturated heterocycles. The van der Waals surface area contributed by atoms with Gasteiger partial charge in [-0.2, -0.15) is 0 Å². The zero-order valence-corrected chi connectivity index (χ0v) is 12.0. The molecule has 2 rings (SSSR count). The molecule has 1 aromatic carbocycles. The lowest BCUT2D eigenvalue weighted by atomic mass is 10.1. The van der Waals surface area contributed by atoms with Crippen LogP contribution in [0.4, 0.5) is 0 Å². The Balaban J connectivity index is 2.74. The van der Waals surface area contributed by atoms with Gasteiger partial charge in [-0.25, -0.2) is 9.78 Å². The number of halogens is 3. The molecule has 0 aliphatic carbocycles. The van der Waals surface area contributed by atoms with Crippen LogP contribution < -0.4 is 0 Å². The highest BCUT2D eigenvalue weighted by molar-refractivity contribution is 6.47. The van der Waals surface area contributed by atoms with E-state index in [0.717, 1.165) is 11.6 Å². The molecule has 19 heavy (non-hydrogen) atoms. The number of rotatable bonds is 2. The van der Waals surface area contributed by atoms with E-state index in [1.807, 2.05) is 6.92 Å². The second kappa shape index (κ2) is 5.37. The molecule has 98 valence electrons. The Morgan fingerprint density at radius 3 is 2.58 bits per heavy atom. The van der Waals surface area contributed by atoms with Gasteiger partial charge in [-0.3, -0.25) is 0 Å². The first-order valence-electron chi connectivity index (χ1n) is 5.26. The molecule has 0 atom stereocenters. The van der Waals surface area contributed by atoms with E-state index in [9.17, 15) is 4.79 Å². The third-order valence-electron chi connectivity index (χ3n) is 2.54. The SMILES string of the molecule is Cc1cc(/C=C/C(=O)O)nc2c(Cl)cc(Cl)c(Cl)c12. The first kappa shape index (κ1) is 14.1. The van der Waals surface area contributed by atoms with Crippen LogP contribution in [0, 0.1) is 6.92 Å². The summed E-state index contributed by atoms with van der Waals surface area (Å²) in [5, 5.41) is 10.4. The van der Waals surface area contributed by atoms with Gasteiger partial charge in [0, 0.05) is 11.5 Å². The molecule has 2 aromatic rings. The first-order valence-corrected chi connectivity index (χ1v) is 6.39. The van der Waals surface area contributed by atoms with Gasteiger partial charge >= 0.3 is 5.97 Å². The fraction of sp³-hybridized carbons (Fsp3) is 0.0769. The van der Waals surface area contributed by atoms with Crippen LogP contribution in [0.2, 0.25) is 15.1 Å². The third kappa shape index (κ3) is 2.84. The molecule has 0 spiro atoms. The average molecular weight is 317 g/mol. The van der Waals surface area contributed by atoms with Gasteiger partial charge in [0.2, 0.25) is 0 Å². The molecule has 0 aliphatic rings. The minimum atomic E-state index is -1.04. The van der Waals surface area contributed by atoms with E-state index >= 15 is 0 Å². The number of nitrogens with zero attached hydrogens (tertiary/aromatic N) is 1. The summed E-state index contributed by atoms with van der Waals surface area (Å²) in [5.74, 6) is -1.04. The summed E-state index contributed by atoms with van der Waals surface area (Å²) < 4.78 is 0. The Morgan fingerprint density at radius 2 is 1.95 bits per heavy atom. The van der Waals surface area contributed by atoms with Crippen LogP contribution in [0.1, 0.15) is 11.3 Å². The summed E-state index contributed by atoms with van der Waals surface area (Å²) >= 11 is 18.2. The molecule has 1 N–H and O–H groups in total. The average Bonchev–Trinajstić information content (AvgIpc) is 2.33. The standard InChI is InChI=1S/C13H8Cl3NO2/c1-6-4-7(2-3-10(18)19)17-13-9(15)5-8(14)12(16)11(6)13/h2-5H,1H3,(H,18,19)/b3-2+. The van der Waals surface area contributed by atoms with E-state index < -0.39 is 5.97 Å². The summed E-state index contributed by atoms with van der Waals surface area (Å²) in [7, 11) is 0. The van der Waals surface area contributed by atoms with Crippen molar-refractivity contribution in [1.82, 2.24) is 4.98 Å². The summed E-state index contributed by atoms with van der Waals surface area (Å²) in [6.07, 6.45) is 2.41. The van der Waals surface area contributed by atoms with E-state index in [1.54, 1.807) is 6.07 Å². The maximum atomic E-state index is 10.5. The van der Waals surface area contributed by atoms with Crippen LogP contribution in [0.15, 0.2) is 18.2 Å². The first-order chi connectivity index (χ1) is 8.90. The number of carbonyl (C=O) groups is 1. The molecule has 0 bridgehead atoms. The number of benzene rings is 1. The highest BCUT2D eigenvalue weighted by atomic mass is 35.5. The quantitative estimate of drug-likeness (QED) is 0.650. The van der Waals surface area contributed by atoms with Crippen molar-refractivity contribution in [3.8, 4) is 0 Å². The predicted octanol–water partition coefficient (Wildman–Crippen LogP) is 4.60. The highest BCUT2D eigenvalue weighted by Gasteiger charge is 2.12. The molecule has 0 aliphatic heterocycles. The van der Waals surface area contributed by atoms with Crippen LogP contribution in [0.3, 0.4) is 0 Å². The highest BCUT2D eigenvalue weighted by Crippen LogP contribution is 2.37. The number of carboxylic acids is 1. The lowest BCUT2D eigenvalue weighted by molar-refractivity contribution is -0.131. The van der Waals surface area contributed by atoms with Crippen molar-refractivity contribution in [3.05, 3.63) is 44.5 Å². The number of hydrogen-bond acceptors (Lipinski definition) is 2. The zero-order chi connectivity index (χ0) is 14.2. The molecular weight excluding hydrogens is 309 g/mol. The number of carboxylic acid groups (broad SMARTS) is 1. The van der Waals surface area contributed by atoms with Gasteiger partial charge in [-0.1, -0.05) is 34.8 Å². The smallest absolute Gasteiger partial charge is 0.328 e. The van der Waals surface area contributed by atoms with Crippen LogP contribution in [-0.4, -0.2) is 16.1 Å². The lowest BCUT2D eigenvalue weighted by Gasteiger charge is -2.09. The summed E-state index contributed by atoms with van der Waals surface area (Å²) in [6, 6.07) is 3.24. The summed E-state index contributed by atoms with van der Waals surface area (Å²) in [4.78, 5) is 14.8. The van der Waals surface area contributed by atoms with E-state index in [0.29, 0.717) is 31.7 Å². The molecule has 0 radical (unpaired) electrons. The monoisotopic (exact) mass is 315 g/mol. The fourth-order valence-corrected chi connectivity index (χ4v) is 2.55. The predicted molar refractivity (Wildman–Crippen MR) is 78.2 cm³/mol. The number of aromatic nitrogens is 1. The molecule has 3 nitrogen and oxygen atoms in total. The fourth-order valence-electron chi connectivity index (χ4n) is 1.75. The van der Waals surface area contributed by atoms with Gasteiger partial charge in [0.15, 0.2) is 0 Å². The second-order valence-electron chi connectivity index (χ2n) is 3.91. The Bertz CT molecular complexity index is 711. The molecule has 1 heterocycles. The minimum absolute atomic E-state index is 0.359. The summed E-state index contributed by atoms with van der Waals surface area (Å²) in [6.45, 7) is 1.83. The van der Waals surface area contributed by atoms with E-state index in [2.05, 4.69) is 4.98 Å². The van der Waals surface area contributed by atoms with Gasteiger partial charge in [0.1, 0.15) is 0 Å². The molecule has 1 aromatic heterocycles. The number of pyridine rings is 1. The van der Waals surface area contributed by atoms with Crippen LogP contribution in [0.5, 0.6) is 0 Å². The maximum absolute atomic E-state index is 10.5. The van der Waals surface area contributed by atoms with Crippen LogP contribution in [0.25, 0.3) is 17.0 Å². The normalized spacial score (nSPS) is 11.4. The van der Waals surface area contributed by atoms with Crippen molar-refractivity contribution in [3.63, 3.8) is 0 Å². The van der Waals surface area contributed by atoms with Crippen molar-refractivity contribution in [2.75, 3.05) is 0 Å². The Labute approximate surface area is 124 Å². The minimum Gasteiger partial charge on any atom is -0.478 e. The molecule has 0 fully saturated rings. The zero-order valence-electron chi connectivity index (χ0n) is 9.75. The van der Waals surface area contributed by atoms with E-state index in [1.165, 1.54) is 12.1 Å². The van der Waals surface area contributed by atoms with Crippen molar-refractivity contribution in [2.45, 2.75) is 6.92 Å². The largest absolute Gasteiger partial charge is 0.478 e. The number of aliphatic carboxylic acids is 1. The van der Waals surface area contributed by atoms with E-state index in [-0.39, 0.29) is 0 Å². The lowest BCUT2D eigenvalue weighted by Crippen LogP contribution is -1.92. The molecule has 0 saturated carbocycles. The maximum Gasteiger partial charge on any atom is 0.328 e. The van der Waals surface area contributed by atoms with Gasteiger partial charge in [-0.15, -0.1) is 0 Å². The van der Waals surface area contributed by atoms with Gasteiger partial charge in [0.25, 0.3) is 0 Å². The van der Waals surface area contributed by atoms with Crippen molar-refractivity contribution >= 4 is 57.8 Å². The second-order valence-corrected chi connectivity index (χ2v) is 5.11. The number of hydrogen-bond donors (Lipinski definition) is 1. The Morgan fingerprint density at radius 1 is 1.26 bits per heavy atom. The number of aryl methyl sites for hydroxylation is 1. The molecule has 6 heteroatoms.